The number of carboxylic acids is 1. The Morgan fingerprint density at radius 2 is 1.70 bits per heavy atom. The summed E-state index contributed by atoms with van der Waals surface area (Å²) in [4.78, 5) is 11.0. The summed E-state index contributed by atoms with van der Waals surface area (Å²) in [6.45, 7) is 10.0. The van der Waals surface area contributed by atoms with Gasteiger partial charge in [0.05, 0.1) is 0 Å². The molecule has 4 heteroatoms. The Labute approximate surface area is 120 Å². The average molecular weight is 279 g/mol. The number of aromatic hydroxyl groups is 1. The molecule has 1 atom stereocenters. The monoisotopic (exact) mass is 279 g/mol. The number of carboxylic acid groups (broad SMARTS) is 1. The standard InChI is InChI=1S/C16H25NO3/c1-8(2)14-11(7-12(17)16(19)20)10(5)6-13(18)15(14)9(3)4/h6,8-9,12,18H,7,17H2,1-5H3,(H,19,20)/t12-/m0/s1. The van der Waals surface area contributed by atoms with E-state index in [0.29, 0.717) is 0 Å². The van der Waals surface area contributed by atoms with Crippen molar-refractivity contribution in [1.29, 1.82) is 0 Å². The molecule has 0 saturated carbocycles. The van der Waals surface area contributed by atoms with E-state index in [1.807, 2.05) is 20.8 Å². The molecule has 0 fully saturated rings. The molecule has 0 radical (unpaired) electrons. The van der Waals surface area contributed by atoms with Crippen LogP contribution in [0.3, 0.4) is 0 Å². The lowest BCUT2D eigenvalue weighted by Crippen LogP contribution is -2.33. The Bertz CT molecular complexity index is 507. The first-order valence-corrected chi connectivity index (χ1v) is 7.00. The highest BCUT2D eigenvalue weighted by molar-refractivity contribution is 5.74. The van der Waals surface area contributed by atoms with E-state index in [0.717, 1.165) is 22.3 Å². The van der Waals surface area contributed by atoms with Gasteiger partial charge >= 0.3 is 5.97 Å². The molecule has 0 aliphatic heterocycles. The average Bonchev–Trinajstić information content (AvgIpc) is 2.30. The van der Waals surface area contributed by atoms with Crippen LogP contribution in [-0.4, -0.2) is 22.2 Å². The molecule has 1 aromatic carbocycles. The van der Waals surface area contributed by atoms with Gasteiger partial charge < -0.3 is 15.9 Å². The lowest BCUT2D eigenvalue weighted by molar-refractivity contribution is -0.138. The highest BCUT2D eigenvalue weighted by Crippen LogP contribution is 2.38. The molecule has 0 spiro atoms. The molecule has 0 aliphatic rings. The molecule has 20 heavy (non-hydrogen) atoms. The molecule has 112 valence electrons. The summed E-state index contributed by atoms with van der Waals surface area (Å²) in [6, 6.07) is 0.793. The molecule has 0 aromatic heterocycles. The lowest BCUT2D eigenvalue weighted by atomic mass is 9.82. The molecule has 0 bridgehead atoms. The zero-order chi connectivity index (χ0) is 15.6. The van der Waals surface area contributed by atoms with Crippen LogP contribution in [0.15, 0.2) is 6.07 Å². The van der Waals surface area contributed by atoms with E-state index < -0.39 is 12.0 Å². The van der Waals surface area contributed by atoms with E-state index >= 15 is 0 Å². The third kappa shape index (κ3) is 3.31. The van der Waals surface area contributed by atoms with Crippen LogP contribution in [0, 0.1) is 6.92 Å². The molecule has 0 amide bonds. The molecular formula is C16H25NO3. The Hall–Kier alpha value is -1.55. The van der Waals surface area contributed by atoms with Crippen molar-refractivity contribution in [3.63, 3.8) is 0 Å². The highest BCUT2D eigenvalue weighted by Gasteiger charge is 2.23. The summed E-state index contributed by atoms with van der Waals surface area (Å²) in [7, 11) is 0. The number of aryl methyl sites for hydroxylation is 1. The SMILES string of the molecule is Cc1cc(O)c(C(C)C)c(C(C)C)c1C[C@H](N)C(=O)O. The van der Waals surface area contributed by atoms with Crippen molar-refractivity contribution in [3.8, 4) is 5.75 Å². The minimum Gasteiger partial charge on any atom is -0.508 e. The topological polar surface area (TPSA) is 83.5 Å². The maximum Gasteiger partial charge on any atom is 0.320 e. The van der Waals surface area contributed by atoms with Gasteiger partial charge in [-0.2, -0.15) is 0 Å². The van der Waals surface area contributed by atoms with Gasteiger partial charge in [0.1, 0.15) is 11.8 Å². The van der Waals surface area contributed by atoms with Crippen molar-refractivity contribution in [3.05, 3.63) is 28.3 Å². The van der Waals surface area contributed by atoms with Crippen LogP contribution in [-0.2, 0) is 11.2 Å². The largest absolute Gasteiger partial charge is 0.508 e. The fourth-order valence-corrected chi connectivity index (χ4v) is 2.73. The second-order valence-electron chi connectivity index (χ2n) is 5.98. The molecule has 0 heterocycles. The van der Waals surface area contributed by atoms with E-state index in [4.69, 9.17) is 10.8 Å². The van der Waals surface area contributed by atoms with Gasteiger partial charge in [0, 0.05) is 5.56 Å². The number of phenolic OH excluding ortho intramolecular Hbond substituents is 1. The molecule has 4 nitrogen and oxygen atoms in total. The zero-order valence-corrected chi connectivity index (χ0v) is 12.9. The predicted octanol–water partition coefficient (Wildman–Crippen LogP) is 2.90. The second-order valence-corrected chi connectivity index (χ2v) is 5.98. The van der Waals surface area contributed by atoms with Crippen molar-refractivity contribution in [2.24, 2.45) is 5.73 Å². The summed E-state index contributed by atoms with van der Waals surface area (Å²) in [5.41, 5.74) is 9.48. The van der Waals surface area contributed by atoms with Crippen molar-refractivity contribution in [2.75, 3.05) is 0 Å². The van der Waals surface area contributed by atoms with Gasteiger partial charge in [0.25, 0.3) is 0 Å². The smallest absolute Gasteiger partial charge is 0.320 e. The predicted molar refractivity (Wildman–Crippen MR) is 80.3 cm³/mol. The summed E-state index contributed by atoms with van der Waals surface area (Å²) in [5.74, 6) is -0.339. The maximum absolute atomic E-state index is 11.0. The number of phenols is 1. The van der Waals surface area contributed by atoms with E-state index in [2.05, 4.69) is 13.8 Å². The quantitative estimate of drug-likeness (QED) is 0.774. The van der Waals surface area contributed by atoms with Crippen LogP contribution in [0.25, 0.3) is 0 Å². The van der Waals surface area contributed by atoms with Crippen LogP contribution in [0.2, 0.25) is 0 Å². The Kier molecular flexibility index (Phi) is 5.17. The van der Waals surface area contributed by atoms with Crippen LogP contribution in [0.4, 0.5) is 0 Å². The third-order valence-electron chi connectivity index (χ3n) is 3.62. The third-order valence-corrected chi connectivity index (χ3v) is 3.62. The number of hydrogen-bond donors (Lipinski definition) is 3. The fraction of sp³-hybridized carbons (Fsp3) is 0.562. The molecule has 0 aliphatic carbocycles. The van der Waals surface area contributed by atoms with Gasteiger partial charge in [-0.25, -0.2) is 0 Å². The molecule has 1 rings (SSSR count). The number of hydrogen-bond acceptors (Lipinski definition) is 3. The summed E-state index contributed by atoms with van der Waals surface area (Å²) >= 11 is 0. The minimum absolute atomic E-state index is 0.174. The molecule has 1 aromatic rings. The van der Waals surface area contributed by atoms with Gasteiger partial charge in [-0.1, -0.05) is 27.7 Å². The zero-order valence-electron chi connectivity index (χ0n) is 12.9. The van der Waals surface area contributed by atoms with Crippen LogP contribution in [0.1, 0.15) is 61.8 Å². The Morgan fingerprint density at radius 1 is 1.20 bits per heavy atom. The van der Waals surface area contributed by atoms with Crippen LogP contribution in [0.5, 0.6) is 5.75 Å². The summed E-state index contributed by atoms with van der Waals surface area (Å²) in [5, 5.41) is 19.2. The number of carbonyl (C=O) groups is 1. The summed E-state index contributed by atoms with van der Waals surface area (Å²) in [6.07, 6.45) is 0.286. The molecule has 4 N–H and O–H groups in total. The number of aliphatic carboxylic acids is 1. The number of nitrogens with two attached hydrogens (primary N) is 1. The lowest BCUT2D eigenvalue weighted by Gasteiger charge is -2.24. The van der Waals surface area contributed by atoms with Crippen molar-refractivity contribution < 1.29 is 15.0 Å². The molecule has 0 saturated heterocycles. The van der Waals surface area contributed by atoms with Gasteiger partial charge in [0.2, 0.25) is 0 Å². The van der Waals surface area contributed by atoms with Crippen molar-refractivity contribution in [1.82, 2.24) is 0 Å². The number of rotatable bonds is 5. The minimum atomic E-state index is -1.00. The van der Waals surface area contributed by atoms with Gasteiger partial charge in [-0.3, -0.25) is 4.79 Å². The van der Waals surface area contributed by atoms with Crippen molar-refractivity contribution in [2.45, 2.75) is 58.9 Å². The Morgan fingerprint density at radius 3 is 2.10 bits per heavy atom. The molecule has 0 unspecified atom stereocenters. The van der Waals surface area contributed by atoms with Crippen molar-refractivity contribution >= 4 is 5.97 Å². The van der Waals surface area contributed by atoms with Gasteiger partial charge in [-0.05, 0) is 47.9 Å². The Balaban J connectivity index is 3.49. The van der Waals surface area contributed by atoms with E-state index in [-0.39, 0.29) is 24.0 Å². The van der Waals surface area contributed by atoms with E-state index in [1.165, 1.54) is 0 Å². The summed E-state index contributed by atoms with van der Waals surface area (Å²) < 4.78 is 0. The van der Waals surface area contributed by atoms with E-state index in [9.17, 15) is 9.90 Å². The first-order chi connectivity index (χ1) is 9.16. The number of benzene rings is 1. The van der Waals surface area contributed by atoms with Crippen LogP contribution >= 0.6 is 0 Å². The van der Waals surface area contributed by atoms with Gasteiger partial charge in [-0.15, -0.1) is 0 Å². The van der Waals surface area contributed by atoms with E-state index in [1.54, 1.807) is 6.07 Å². The normalized spacial score (nSPS) is 13.0. The first kappa shape index (κ1) is 16.5. The fourth-order valence-electron chi connectivity index (χ4n) is 2.73. The van der Waals surface area contributed by atoms with Gasteiger partial charge in [0.15, 0.2) is 0 Å². The maximum atomic E-state index is 11.0. The molecular weight excluding hydrogens is 254 g/mol. The second kappa shape index (κ2) is 6.27. The van der Waals surface area contributed by atoms with Crippen LogP contribution < -0.4 is 5.73 Å². The highest BCUT2D eigenvalue weighted by atomic mass is 16.4. The first-order valence-electron chi connectivity index (χ1n) is 7.00.